The third kappa shape index (κ3) is 7.13. The van der Waals surface area contributed by atoms with E-state index in [4.69, 9.17) is 0 Å². The summed E-state index contributed by atoms with van der Waals surface area (Å²) < 4.78 is 0. The van der Waals surface area contributed by atoms with Gasteiger partial charge in [0.05, 0.1) is 5.01 Å². The van der Waals surface area contributed by atoms with Crippen LogP contribution in [0, 0.1) is 6.92 Å². The van der Waals surface area contributed by atoms with Gasteiger partial charge in [-0.3, -0.25) is 4.99 Å². The maximum absolute atomic E-state index is 4.66. The average Bonchev–Trinajstić information content (AvgIpc) is 3.01. The standard InChI is InChI=1S/C19H28N4S/c1-3-20-19(22-14-12-17-9-5-4-6-10-17)21-13-8-7-11-18-23-16(2)15-24-18/h4-6,9-10,15H,3,7-8,11-14H2,1-2H3,(H2,20,21,22). The van der Waals surface area contributed by atoms with Crippen molar-refractivity contribution >= 4 is 17.3 Å². The second-order valence-electron chi connectivity index (χ2n) is 5.76. The Bertz CT molecular complexity index is 607. The highest BCUT2D eigenvalue weighted by atomic mass is 32.1. The third-order valence-electron chi connectivity index (χ3n) is 3.63. The number of aromatic nitrogens is 1. The highest BCUT2D eigenvalue weighted by Crippen LogP contribution is 2.11. The van der Waals surface area contributed by atoms with Crippen LogP contribution in [0.4, 0.5) is 0 Å². The predicted molar refractivity (Wildman–Crippen MR) is 104 cm³/mol. The van der Waals surface area contributed by atoms with E-state index in [9.17, 15) is 0 Å². The number of thiazole rings is 1. The lowest BCUT2D eigenvalue weighted by Crippen LogP contribution is -2.38. The molecule has 4 nitrogen and oxygen atoms in total. The van der Waals surface area contributed by atoms with Crippen molar-refractivity contribution < 1.29 is 0 Å². The molecule has 24 heavy (non-hydrogen) atoms. The van der Waals surface area contributed by atoms with Crippen LogP contribution in [-0.2, 0) is 12.8 Å². The fourth-order valence-electron chi connectivity index (χ4n) is 2.41. The number of nitrogens with one attached hydrogen (secondary N) is 2. The number of rotatable bonds is 9. The van der Waals surface area contributed by atoms with E-state index >= 15 is 0 Å². The third-order valence-corrected chi connectivity index (χ3v) is 4.65. The van der Waals surface area contributed by atoms with E-state index in [2.05, 4.69) is 63.2 Å². The first-order valence-corrected chi connectivity index (χ1v) is 9.63. The van der Waals surface area contributed by atoms with Crippen LogP contribution in [0.25, 0.3) is 0 Å². The molecule has 2 rings (SSSR count). The number of aliphatic imine (C=N–C) groups is 1. The normalized spacial score (nSPS) is 11.5. The zero-order valence-electron chi connectivity index (χ0n) is 14.7. The lowest BCUT2D eigenvalue weighted by Gasteiger charge is -2.11. The molecule has 2 N–H and O–H groups in total. The van der Waals surface area contributed by atoms with Crippen molar-refractivity contribution in [2.75, 3.05) is 19.6 Å². The number of hydrogen-bond donors (Lipinski definition) is 2. The number of benzene rings is 1. The Morgan fingerprint density at radius 2 is 1.96 bits per heavy atom. The Labute approximate surface area is 149 Å². The summed E-state index contributed by atoms with van der Waals surface area (Å²) in [4.78, 5) is 9.16. The van der Waals surface area contributed by atoms with Gasteiger partial charge in [0, 0.05) is 30.7 Å². The monoisotopic (exact) mass is 344 g/mol. The van der Waals surface area contributed by atoms with Crippen LogP contribution >= 0.6 is 11.3 Å². The number of unbranched alkanes of at least 4 members (excludes halogenated alkanes) is 1. The molecule has 0 unspecified atom stereocenters. The molecule has 0 aliphatic heterocycles. The van der Waals surface area contributed by atoms with Crippen molar-refractivity contribution in [3.63, 3.8) is 0 Å². The maximum Gasteiger partial charge on any atom is 0.191 e. The first kappa shape index (κ1) is 18.5. The molecule has 0 aliphatic carbocycles. The molecule has 5 heteroatoms. The zero-order valence-corrected chi connectivity index (χ0v) is 15.5. The molecule has 0 fully saturated rings. The van der Waals surface area contributed by atoms with Gasteiger partial charge in [-0.25, -0.2) is 4.98 Å². The topological polar surface area (TPSA) is 49.3 Å². The summed E-state index contributed by atoms with van der Waals surface area (Å²) in [6.45, 7) is 6.78. The number of guanidine groups is 1. The molecule has 0 spiro atoms. The van der Waals surface area contributed by atoms with E-state index in [-0.39, 0.29) is 0 Å². The van der Waals surface area contributed by atoms with Crippen LogP contribution in [0.5, 0.6) is 0 Å². The Morgan fingerprint density at radius 3 is 2.67 bits per heavy atom. The SMILES string of the molecule is CCNC(=NCCCCc1nc(C)cs1)NCCc1ccccc1. The minimum atomic E-state index is 0.852. The van der Waals surface area contributed by atoms with Gasteiger partial charge in [-0.05, 0) is 45.1 Å². The summed E-state index contributed by atoms with van der Waals surface area (Å²) in [5.41, 5.74) is 2.48. The second-order valence-corrected chi connectivity index (χ2v) is 6.71. The van der Waals surface area contributed by atoms with Crippen LogP contribution in [0.1, 0.15) is 36.0 Å². The van der Waals surface area contributed by atoms with Crippen LogP contribution in [0.15, 0.2) is 40.7 Å². The Kier molecular flexibility index (Phi) is 8.32. The van der Waals surface area contributed by atoms with Gasteiger partial charge < -0.3 is 10.6 Å². The van der Waals surface area contributed by atoms with Crippen molar-refractivity contribution in [3.05, 3.63) is 52.0 Å². The summed E-state index contributed by atoms with van der Waals surface area (Å²) in [6, 6.07) is 10.5. The van der Waals surface area contributed by atoms with Gasteiger partial charge in [-0.2, -0.15) is 0 Å². The van der Waals surface area contributed by atoms with E-state index in [1.54, 1.807) is 11.3 Å². The largest absolute Gasteiger partial charge is 0.357 e. The Balaban J connectivity index is 1.66. The molecule has 130 valence electrons. The van der Waals surface area contributed by atoms with E-state index in [0.29, 0.717) is 0 Å². The van der Waals surface area contributed by atoms with Crippen molar-refractivity contribution in [1.29, 1.82) is 0 Å². The van der Waals surface area contributed by atoms with Crippen LogP contribution < -0.4 is 10.6 Å². The number of nitrogens with zero attached hydrogens (tertiary/aromatic N) is 2. The number of hydrogen-bond acceptors (Lipinski definition) is 3. The molecule has 2 aromatic rings. The van der Waals surface area contributed by atoms with Gasteiger partial charge in [0.2, 0.25) is 0 Å². The molecule has 0 saturated heterocycles. The van der Waals surface area contributed by atoms with E-state index < -0.39 is 0 Å². The van der Waals surface area contributed by atoms with Crippen LogP contribution in [-0.4, -0.2) is 30.6 Å². The van der Waals surface area contributed by atoms with Gasteiger partial charge in [-0.1, -0.05) is 30.3 Å². The quantitative estimate of drug-likeness (QED) is 0.415. The van der Waals surface area contributed by atoms with Crippen molar-refractivity contribution in [2.24, 2.45) is 4.99 Å². The van der Waals surface area contributed by atoms with Gasteiger partial charge in [-0.15, -0.1) is 11.3 Å². The highest BCUT2D eigenvalue weighted by Gasteiger charge is 2.00. The molecule has 0 amide bonds. The number of aryl methyl sites for hydroxylation is 2. The van der Waals surface area contributed by atoms with Crippen molar-refractivity contribution in [1.82, 2.24) is 15.6 Å². The summed E-state index contributed by atoms with van der Waals surface area (Å²) in [5, 5.41) is 10.1. The lowest BCUT2D eigenvalue weighted by molar-refractivity contribution is 0.727. The second kappa shape index (κ2) is 10.8. The van der Waals surface area contributed by atoms with Crippen molar-refractivity contribution in [2.45, 2.75) is 39.5 Å². The molecule has 0 bridgehead atoms. The zero-order chi connectivity index (χ0) is 17.0. The van der Waals surface area contributed by atoms with Crippen LogP contribution in [0.3, 0.4) is 0 Å². The van der Waals surface area contributed by atoms with Gasteiger partial charge >= 0.3 is 0 Å². The minimum Gasteiger partial charge on any atom is -0.357 e. The maximum atomic E-state index is 4.66. The predicted octanol–water partition coefficient (Wildman–Crippen LogP) is 3.57. The molecular formula is C19H28N4S. The molecule has 0 atom stereocenters. The molecule has 0 saturated carbocycles. The fourth-order valence-corrected chi connectivity index (χ4v) is 3.23. The molecule has 0 radical (unpaired) electrons. The summed E-state index contributed by atoms with van der Waals surface area (Å²) >= 11 is 1.76. The first-order valence-electron chi connectivity index (χ1n) is 8.75. The lowest BCUT2D eigenvalue weighted by atomic mass is 10.1. The van der Waals surface area contributed by atoms with Gasteiger partial charge in [0.25, 0.3) is 0 Å². The van der Waals surface area contributed by atoms with Gasteiger partial charge in [0.15, 0.2) is 5.96 Å². The van der Waals surface area contributed by atoms with Crippen LogP contribution in [0.2, 0.25) is 0 Å². The molecular weight excluding hydrogens is 316 g/mol. The Morgan fingerprint density at radius 1 is 1.12 bits per heavy atom. The first-order chi connectivity index (χ1) is 11.8. The van der Waals surface area contributed by atoms with E-state index in [0.717, 1.165) is 57.0 Å². The summed E-state index contributed by atoms with van der Waals surface area (Å²) in [5.74, 6) is 0.915. The molecule has 1 aromatic heterocycles. The minimum absolute atomic E-state index is 0.852. The molecule has 0 aliphatic rings. The van der Waals surface area contributed by atoms with E-state index in [1.807, 2.05) is 6.92 Å². The molecule has 1 heterocycles. The smallest absolute Gasteiger partial charge is 0.191 e. The summed E-state index contributed by atoms with van der Waals surface area (Å²) in [7, 11) is 0. The summed E-state index contributed by atoms with van der Waals surface area (Å²) in [6.07, 6.45) is 4.30. The molecule has 1 aromatic carbocycles. The fraction of sp³-hybridized carbons (Fsp3) is 0.474. The van der Waals surface area contributed by atoms with Gasteiger partial charge in [0.1, 0.15) is 0 Å². The highest BCUT2D eigenvalue weighted by molar-refractivity contribution is 7.09. The Hall–Kier alpha value is -1.88. The average molecular weight is 345 g/mol. The van der Waals surface area contributed by atoms with Crippen molar-refractivity contribution in [3.8, 4) is 0 Å². The van der Waals surface area contributed by atoms with E-state index in [1.165, 1.54) is 10.6 Å².